The molecule has 3 atom stereocenters. The van der Waals surface area contributed by atoms with Gasteiger partial charge < -0.3 is 9.91 Å². The molecule has 6 nitrogen and oxygen atoms in total. The van der Waals surface area contributed by atoms with Crippen LogP contribution in [0.4, 0.5) is 13.2 Å². The summed E-state index contributed by atoms with van der Waals surface area (Å²) in [5.41, 5.74) is 5.73. The van der Waals surface area contributed by atoms with E-state index in [-0.39, 0.29) is 28.7 Å². The van der Waals surface area contributed by atoms with Crippen LogP contribution >= 0.6 is 23.2 Å². The Hall–Kier alpha value is -3.14. The Kier molecular flexibility index (Phi) is 6.64. The molecule has 192 valence electrons. The van der Waals surface area contributed by atoms with Crippen molar-refractivity contribution in [1.82, 2.24) is 15.3 Å². The molecule has 37 heavy (non-hydrogen) atoms. The maximum absolute atomic E-state index is 14.6. The maximum Gasteiger partial charge on any atom is 0.267 e. The highest BCUT2D eigenvalue weighted by Crippen LogP contribution is 2.38. The van der Waals surface area contributed by atoms with Crippen LogP contribution in [0.2, 0.25) is 5.02 Å². The van der Waals surface area contributed by atoms with E-state index in [0.717, 1.165) is 23.8 Å². The van der Waals surface area contributed by atoms with Gasteiger partial charge in [0.05, 0.1) is 28.4 Å². The minimum atomic E-state index is -1.02. The van der Waals surface area contributed by atoms with Gasteiger partial charge in [-0.3, -0.25) is 9.59 Å². The second-order valence-electron chi connectivity index (χ2n) is 9.12. The SMILES string of the molecule is C[C@@H]1C2NN(C)C(c3cc(F)cc(F)c3)=C2CCN1C(=O)c1cc(F)cc(C2=CC(Cl)C(=O)N=C2)c1Cl. The van der Waals surface area contributed by atoms with Gasteiger partial charge in [0.25, 0.3) is 11.8 Å². The number of aliphatic imine (C=N–C) groups is 1. The highest BCUT2D eigenvalue weighted by molar-refractivity contribution is 6.39. The van der Waals surface area contributed by atoms with Gasteiger partial charge >= 0.3 is 0 Å². The van der Waals surface area contributed by atoms with Gasteiger partial charge in [-0.1, -0.05) is 11.6 Å². The van der Waals surface area contributed by atoms with E-state index in [1.165, 1.54) is 24.4 Å². The monoisotopic (exact) mass is 548 g/mol. The number of nitrogens with one attached hydrogen (secondary N) is 1. The molecule has 1 saturated heterocycles. The molecule has 0 aliphatic carbocycles. The molecule has 2 unspecified atom stereocenters. The number of fused-ring (bicyclic) bond motifs is 1. The van der Waals surface area contributed by atoms with Crippen molar-refractivity contribution in [2.24, 2.45) is 4.99 Å². The van der Waals surface area contributed by atoms with E-state index in [1.807, 2.05) is 6.92 Å². The van der Waals surface area contributed by atoms with E-state index in [9.17, 15) is 22.8 Å². The zero-order chi connectivity index (χ0) is 26.6. The van der Waals surface area contributed by atoms with Crippen molar-refractivity contribution in [3.8, 4) is 0 Å². The molecular weight excluding hydrogens is 528 g/mol. The molecule has 2 aromatic rings. The molecule has 1 fully saturated rings. The lowest BCUT2D eigenvalue weighted by molar-refractivity contribution is -0.116. The summed E-state index contributed by atoms with van der Waals surface area (Å²) in [6.45, 7) is 2.12. The van der Waals surface area contributed by atoms with Crippen molar-refractivity contribution in [3.05, 3.63) is 81.1 Å². The number of allylic oxidation sites excluding steroid dienone is 1. The van der Waals surface area contributed by atoms with Crippen LogP contribution in [0, 0.1) is 17.5 Å². The van der Waals surface area contributed by atoms with E-state index < -0.39 is 40.7 Å². The van der Waals surface area contributed by atoms with Crippen LogP contribution in [0.1, 0.15) is 34.8 Å². The minimum absolute atomic E-state index is 0.0169. The van der Waals surface area contributed by atoms with Gasteiger partial charge in [-0.05, 0) is 54.8 Å². The summed E-state index contributed by atoms with van der Waals surface area (Å²) in [4.78, 5) is 30.5. The molecular formula is C26H21Cl2F3N4O2. The van der Waals surface area contributed by atoms with Crippen LogP contribution in [-0.2, 0) is 4.79 Å². The smallest absolute Gasteiger partial charge is 0.267 e. The number of dihydropyridines is 1. The summed E-state index contributed by atoms with van der Waals surface area (Å²) in [6.07, 6.45) is 3.08. The molecule has 0 saturated carbocycles. The summed E-state index contributed by atoms with van der Waals surface area (Å²) in [5, 5.41) is 0.699. The Balaban J connectivity index is 1.47. The molecule has 0 aromatic heterocycles. The van der Waals surface area contributed by atoms with Crippen LogP contribution in [-0.4, -0.2) is 59.0 Å². The third kappa shape index (κ3) is 4.56. The molecule has 2 aromatic carbocycles. The van der Waals surface area contributed by atoms with E-state index >= 15 is 0 Å². The largest absolute Gasteiger partial charge is 0.334 e. The summed E-state index contributed by atoms with van der Waals surface area (Å²) in [7, 11) is 1.74. The van der Waals surface area contributed by atoms with Gasteiger partial charge in [-0.15, -0.1) is 11.6 Å². The minimum Gasteiger partial charge on any atom is -0.334 e. The van der Waals surface area contributed by atoms with Crippen LogP contribution < -0.4 is 5.43 Å². The van der Waals surface area contributed by atoms with E-state index in [1.54, 1.807) is 17.0 Å². The Morgan fingerprint density at radius 2 is 1.78 bits per heavy atom. The molecule has 5 rings (SSSR count). The van der Waals surface area contributed by atoms with Crippen LogP contribution in [0.25, 0.3) is 11.3 Å². The molecule has 3 heterocycles. The summed E-state index contributed by atoms with van der Waals surface area (Å²) < 4.78 is 42.5. The first-order chi connectivity index (χ1) is 17.5. The molecule has 11 heteroatoms. The second kappa shape index (κ2) is 9.63. The van der Waals surface area contributed by atoms with Gasteiger partial charge in [0.2, 0.25) is 0 Å². The quantitative estimate of drug-likeness (QED) is 0.558. The first-order valence-corrected chi connectivity index (χ1v) is 12.3. The van der Waals surface area contributed by atoms with Crippen molar-refractivity contribution >= 4 is 52.5 Å². The summed E-state index contributed by atoms with van der Waals surface area (Å²) in [6, 6.07) is 4.87. The zero-order valence-corrected chi connectivity index (χ0v) is 21.2. The summed E-state index contributed by atoms with van der Waals surface area (Å²) in [5.74, 6) is -3.06. The van der Waals surface area contributed by atoms with E-state index in [4.69, 9.17) is 23.2 Å². The number of benzene rings is 2. The number of piperidine rings is 1. The molecule has 2 amide bonds. The van der Waals surface area contributed by atoms with E-state index in [2.05, 4.69) is 10.4 Å². The molecule has 1 N–H and O–H groups in total. The summed E-state index contributed by atoms with van der Waals surface area (Å²) >= 11 is 12.6. The maximum atomic E-state index is 14.6. The third-order valence-corrected chi connectivity index (χ3v) is 7.53. The number of hydrazine groups is 1. The standard InChI is InChI=1S/C26H21Cl2F3N4O2/c1-12-23-18(24(34(2)33-23)13-5-15(29)8-16(30)6-13)3-4-35(12)26(37)20-10-17(31)9-19(22(20)28)14-7-21(27)25(36)32-11-14/h5-12,21,23,33H,3-4H2,1-2H3/t12-,21?,23?/m1/s1. The number of carbonyl (C=O) groups is 2. The Bertz CT molecular complexity index is 1400. The fourth-order valence-corrected chi connectivity index (χ4v) is 5.60. The number of carbonyl (C=O) groups excluding carboxylic acids is 2. The fourth-order valence-electron chi connectivity index (χ4n) is 5.11. The van der Waals surface area contributed by atoms with Gasteiger partial charge in [-0.2, -0.15) is 0 Å². The number of rotatable bonds is 3. The highest BCUT2D eigenvalue weighted by Gasteiger charge is 2.41. The molecule has 0 spiro atoms. The van der Waals surface area contributed by atoms with Gasteiger partial charge in [0.1, 0.15) is 22.8 Å². The average molecular weight is 549 g/mol. The predicted octanol–water partition coefficient (Wildman–Crippen LogP) is 4.82. The Morgan fingerprint density at radius 3 is 2.46 bits per heavy atom. The Labute approximate surface area is 221 Å². The fraction of sp³-hybridized carbons (Fsp3) is 0.269. The number of alkyl halides is 1. The number of halogens is 5. The normalized spacial score (nSPS) is 23.5. The average Bonchev–Trinajstić information content (AvgIpc) is 3.18. The topological polar surface area (TPSA) is 65.0 Å². The zero-order valence-electron chi connectivity index (χ0n) is 19.7. The first-order valence-electron chi connectivity index (χ1n) is 11.5. The van der Waals surface area contributed by atoms with Crippen LogP contribution in [0.15, 0.2) is 47.0 Å². The van der Waals surface area contributed by atoms with Crippen molar-refractivity contribution in [2.45, 2.75) is 30.8 Å². The van der Waals surface area contributed by atoms with E-state index in [0.29, 0.717) is 23.3 Å². The van der Waals surface area contributed by atoms with Gasteiger partial charge in [-0.25, -0.2) is 23.6 Å². The molecule has 0 bridgehead atoms. The van der Waals surface area contributed by atoms with Crippen molar-refractivity contribution < 1.29 is 22.8 Å². The highest BCUT2D eigenvalue weighted by atomic mass is 35.5. The lowest BCUT2D eigenvalue weighted by Crippen LogP contribution is -2.55. The van der Waals surface area contributed by atoms with Gasteiger partial charge in [0.15, 0.2) is 0 Å². The van der Waals surface area contributed by atoms with Crippen LogP contribution in [0.3, 0.4) is 0 Å². The number of amides is 2. The predicted molar refractivity (Wildman–Crippen MR) is 136 cm³/mol. The first kappa shape index (κ1) is 25.5. The number of hydrogen-bond donors (Lipinski definition) is 1. The lowest BCUT2D eigenvalue weighted by atomic mass is 9.89. The van der Waals surface area contributed by atoms with Crippen molar-refractivity contribution in [1.29, 1.82) is 0 Å². The number of hydrogen-bond acceptors (Lipinski definition) is 4. The second-order valence-corrected chi connectivity index (χ2v) is 9.97. The number of likely N-dealkylation sites (tertiary alicyclic amines) is 1. The Morgan fingerprint density at radius 1 is 1.11 bits per heavy atom. The third-order valence-electron chi connectivity index (χ3n) is 6.81. The molecule has 3 aliphatic heterocycles. The lowest BCUT2D eigenvalue weighted by Gasteiger charge is -2.39. The van der Waals surface area contributed by atoms with Crippen molar-refractivity contribution in [3.63, 3.8) is 0 Å². The number of nitrogens with zero attached hydrogens (tertiary/aromatic N) is 3. The molecule has 0 radical (unpaired) electrons. The van der Waals surface area contributed by atoms with Crippen LogP contribution in [0.5, 0.6) is 0 Å². The van der Waals surface area contributed by atoms with Gasteiger partial charge in [0, 0.05) is 37.0 Å². The molecule has 3 aliphatic rings. The van der Waals surface area contributed by atoms with Crippen molar-refractivity contribution in [2.75, 3.05) is 13.6 Å².